The number of hydrogen-bond acceptors (Lipinski definition) is 2. The smallest absolute Gasteiger partial charge is 0.317 e. The van der Waals surface area contributed by atoms with Crippen LogP contribution in [-0.4, -0.2) is 35.7 Å². The predicted octanol–water partition coefficient (Wildman–Crippen LogP) is 4.11. The van der Waals surface area contributed by atoms with Crippen LogP contribution >= 0.6 is 0 Å². The van der Waals surface area contributed by atoms with Crippen molar-refractivity contribution in [2.75, 3.05) is 13.1 Å². The second-order valence-electron chi connectivity index (χ2n) is 8.19. The standard InChI is InChI=1S/C23H26N2O2/c26-22(24-20-16-19(20)17-6-2-1-3-7-17)25-14-12-23(13-15-25)11-10-18-8-4-5-9-21(18)27-23/h1-9,19-20H,10-16H2,(H,24,26)/t19-,20+/m1/s1. The van der Waals surface area contributed by atoms with Crippen LogP contribution in [0.1, 0.15) is 42.7 Å². The molecule has 4 heteroatoms. The average molecular weight is 362 g/mol. The molecule has 1 spiro atoms. The fraction of sp³-hybridized carbons (Fsp3) is 0.435. The third kappa shape index (κ3) is 3.29. The molecule has 2 aromatic rings. The van der Waals surface area contributed by atoms with Crippen LogP contribution in [0, 0.1) is 0 Å². The van der Waals surface area contributed by atoms with Crippen LogP contribution in [0.5, 0.6) is 5.75 Å². The number of benzene rings is 2. The first kappa shape index (κ1) is 16.7. The lowest BCUT2D eigenvalue weighted by atomic mass is 9.83. The molecule has 3 aliphatic rings. The van der Waals surface area contributed by atoms with Crippen molar-refractivity contribution in [1.29, 1.82) is 0 Å². The number of fused-ring (bicyclic) bond motifs is 1. The lowest BCUT2D eigenvalue weighted by Gasteiger charge is -2.44. The summed E-state index contributed by atoms with van der Waals surface area (Å²) >= 11 is 0. The van der Waals surface area contributed by atoms with E-state index in [4.69, 9.17) is 4.74 Å². The van der Waals surface area contributed by atoms with Crippen molar-refractivity contribution in [2.24, 2.45) is 0 Å². The van der Waals surface area contributed by atoms with Gasteiger partial charge in [-0.1, -0.05) is 48.5 Å². The number of nitrogens with zero attached hydrogens (tertiary/aromatic N) is 1. The first-order chi connectivity index (χ1) is 13.2. The summed E-state index contributed by atoms with van der Waals surface area (Å²) in [6.45, 7) is 1.55. The monoisotopic (exact) mass is 362 g/mol. The minimum atomic E-state index is -0.0860. The number of amides is 2. The van der Waals surface area contributed by atoms with Gasteiger partial charge >= 0.3 is 6.03 Å². The zero-order valence-electron chi connectivity index (χ0n) is 15.6. The number of carbonyl (C=O) groups excluding carboxylic acids is 1. The number of hydrogen-bond donors (Lipinski definition) is 1. The molecule has 0 bridgehead atoms. The number of carbonyl (C=O) groups is 1. The molecule has 2 amide bonds. The maximum Gasteiger partial charge on any atom is 0.317 e. The van der Waals surface area contributed by atoms with Crippen molar-refractivity contribution in [3.8, 4) is 5.75 Å². The summed E-state index contributed by atoms with van der Waals surface area (Å²) in [6.07, 6.45) is 5.01. The van der Waals surface area contributed by atoms with E-state index in [1.807, 2.05) is 17.0 Å². The van der Waals surface area contributed by atoms with Gasteiger partial charge in [0.2, 0.25) is 0 Å². The molecule has 2 atom stereocenters. The fourth-order valence-electron chi connectivity index (χ4n) is 4.60. The Hall–Kier alpha value is -2.49. The van der Waals surface area contributed by atoms with Gasteiger partial charge in [-0.15, -0.1) is 0 Å². The minimum absolute atomic E-state index is 0.0860. The van der Waals surface area contributed by atoms with Gasteiger partial charge in [-0.3, -0.25) is 0 Å². The van der Waals surface area contributed by atoms with E-state index in [0.717, 1.165) is 50.9 Å². The van der Waals surface area contributed by atoms with Crippen LogP contribution in [0.2, 0.25) is 0 Å². The van der Waals surface area contributed by atoms with E-state index in [9.17, 15) is 4.79 Å². The van der Waals surface area contributed by atoms with E-state index in [1.54, 1.807) is 0 Å². The van der Waals surface area contributed by atoms with Crippen molar-refractivity contribution in [3.05, 3.63) is 65.7 Å². The second kappa shape index (κ2) is 6.59. The average Bonchev–Trinajstić information content (AvgIpc) is 3.48. The molecular weight excluding hydrogens is 336 g/mol. The van der Waals surface area contributed by atoms with E-state index in [-0.39, 0.29) is 17.7 Å². The van der Waals surface area contributed by atoms with Crippen molar-refractivity contribution in [2.45, 2.75) is 49.7 Å². The number of aryl methyl sites for hydroxylation is 1. The zero-order chi connectivity index (χ0) is 18.3. The van der Waals surface area contributed by atoms with Gasteiger partial charge in [0.25, 0.3) is 0 Å². The number of nitrogens with one attached hydrogen (secondary N) is 1. The Labute approximate surface area is 160 Å². The first-order valence-corrected chi connectivity index (χ1v) is 10.1. The molecule has 4 nitrogen and oxygen atoms in total. The highest BCUT2D eigenvalue weighted by molar-refractivity contribution is 5.75. The lowest BCUT2D eigenvalue weighted by Crippen LogP contribution is -2.53. The minimum Gasteiger partial charge on any atom is -0.487 e. The maximum absolute atomic E-state index is 12.7. The van der Waals surface area contributed by atoms with Gasteiger partial charge in [-0.05, 0) is 36.5 Å². The summed E-state index contributed by atoms with van der Waals surface area (Å²) in [5.74, 6) is 1.51. The molecule has 2 heterocycles. The van der Waals surface area contributed by atoms with Crippen molar-refractivity contribution < 1.29 is 9.53 Å². The van der Waals surface area contributed by atoms with E-state index in [2.05, 4.69) is 47.8 Å². The molecule has 27 heavy (non-hydrogen) atoms. The molecule has 2 aliphatic heterocycles. The summed E-state index contributed by atoms with van der Waals surface area (Å²) in [7, 11) is 0. The van der Waals surface area contributed by atoms with E-state index in [0.29, 0.717) is 5.92 Å². The van der Waals surface area contributed by atoms with Crippen molar-refractivity contribution in [3.63, 3.8) is 0 Å². The summed E-state index contributed by atoms with van der Waals surface area (Å²) in [6, 6.07) is 19.2. The third-order valence-corrected chi connectivity index (χ3v) is 6.44. The largest absolute Gasteiger partial charge is 0.487 e. The SMILES string of the molecule is O=C(N[C@H]1C[C@@H]1c1ccccc1)N1CCC2(CCc3ccccc3O2)CC1. The van der Waals surface area contributed by atoms with Gasteiger partial charge < -0.3 is 15.0 Å². The number of ether oxygens (including phenoxy) is 1. The Balaban J connectivity index is 1.15. The molecule has 2 aromatic carbocycles. The Morgan fingerprint density at radius 2 is 1.74 bits per heavy atom. The number of rotatable bonds is 2. The molecule has 140 valence electrons. The van der Waals surface area contributed by atoms with E-state index >= 15 is 0 Å². The van der Waals surface area contributed by atoms with Gasteiger partial charge in [-0.25, -0.2) is 4.79 Å². The predicted molar refractivity (Wildman–Crippen MR) is 105 cm³/mol. The molecule has 1 saturated heterocycles. The number of urea groups is 1. The van der Waals surface area contributed by atoms with Gasteiger partial charge in [0.15, 0.2) is 0 Å². The molecule has 0 aromatic heterocycles. The van der Waals surface area contributed by atoms with Gasteiger partial charge in [0.1, 0.15) is 11.4 Å². The van der Waals surface area contributed by atoms with Gasteiger partial charge in [0.05, 0.1) is 0 Å². The van der Waals surface area contributed by atoms with E-state index in [1.165, 1.54) is 11.1 Å². The van der Waals surface area contributed by atoms with Crippen molar-refractivity contribution in [1.82, 2.24) is 10.2 Å². The topological polar surface area (TPSA) is 41.6 Å². The summed E-state index contributed by atoms with van der Waals surface area (Å²) in [5, 5.41) is 3.23. The van der Waals surface area contributed by atoms with Crippen LogP contribution in [0.25, 0.3) is 0 Å². The molecule has 0 unspecified atom stereocenters. The molecule has 1 saturated carbocycles. The Morgan fingerprint density at radius 1 is 1.00 bits per heavy atom. The zero-order valence-corrected chi connectivity index (χ0v) is 15.6. The quantitative estimate of drug-likeness (QED) is 0.873. The second-order valence-corrected chi connectivity index (χ2v) is 8.19. The fourth-order valence-corrected chi connectivity index (χ4v) is 4.60. The lowest BCUT2D eigenvalue weighted by molar-refractivity contribution is -0.00553. The highest BCUT2D eigenvalue weighted by Crippen LogP contribution is 2.41. The Kier molecular flexibility index (Phi) is 4.07. The van der Waals surface area contributed by atoms with Gasteiger partial charge in [0, 0.05) is 37.9 Å². The molecule has 1 aliphatic carbocycles. The van der Waals surface area contributed by atoms with E-state index < -0.39 is 0 Å². The number of para-hydroxylation sites is 1. The Morgan fingerprint density at radius 3 is 2.56 bits per heavy atom. The summed E-state index contributed by atoms with van der Waals surface area (Å²) in [5.41, 5.74) is 2.55. The van der Waals surface area contributed by atoms with Crippen LogP contribution < -0.4 is 10.1 Å². The normalized spacial score (nSPS) is 25.4. The Bertz CT molecular complexity index is 827. The molecule has 0 radical (unpaired) electrons. The van der Waals surface area contributed by atoms with Crippen LogP contribution in [0.15, 0.2) is 54.6 Å². The van der Waals surface area contributed by atoms with Crippen molar-refractivity contribution >= 4 is 6.03 Å². The third-order valence-electron chi connectivity index (χ3n) is 6.44. The summed E-state index contributed by atoms with van der Waals surface area (Å²) in [4.78, 5) is 14.6. The molecule has 2 fully saturated rings. The summed E-state index contributed by atoms with van der Waals surface area (Å²) < 4.78 is 6.40. The van der Waals surface area contributed by atoms with Crippen LogP contribution in [0.4, 0.5) is 4.79 Å². The highest BCUT2D eigenvalue weighted by atomic mass is 16.5. The number of piperidine rings is 1. The molecular formula is C23H26N2O2. The van der Waals surface area contributed by atoms with Crippen LogP contribution in [-0.2, 0) is 6.42 Å². The molecule has 1 N–H and O–H groups in total. The number of likely N-dealkylation sites (tertiary alicyclic amines) is 1. The highest BCUT2D eigenvalue weighted by Gasteiger charge is 2.43. The maximum atomic E-state index is 12.7. The molecule has 5 rings (SSSR count). The first-order valence-electron chi connectivity index (χ1n) is 10.1. The van der Waals surface area contributed by atoms with Gasteiger partial charge in [-0.2, -0.15) is 0 Å². The van der Waals surface area contributed by atoms with Crippen LogP contribution in [0.3, 0.4) is 0 Å².